The van der Waals surface area contributed by atoms with Crippen LogP contribution in [0.1, 0.15) is 49.9 Å². The van der Waals surface area contributed by atoms with E-state index in [1.54, 1.807) is 0 Å². The van der Waals surface area contributed by atoms with Gasteiger partial charge in [-0.25, -0.2) is 0 Å². The van der Waals surface area contributed by atoms with E-state index in [0.717, 1.165) is 22.5 Å². The second kappa shape index (κ2) is 9.65. The van der Waals surface area contributed by atoms with E-state index in [4.69, 9.17) is 0 Å². The van der Waals surface area contributed by atoms with Crippen LogP contribution in [0.3, 0.4) is 0 Å². The molecule has 4 heteroatoms. The van der Waals surface area contributed by atoms with Gasteiger partial charge in [-0.15, -0.1) is 0 Å². The Labute approximate surface area is 259 Å². The molecule has 0 radical (unpaired) electrons. The summed E-state index contributed by atoms with van der Waals surface area (Å²) in [6.45, 7) is 9.28. The highest BCUT2D eigenvalue weighted by atomic mass is 15.2. The highest BCUT2D eigenvalue weighted by Crippen LogP contribution is 2.56. The number of anilines is 6. The van der Waals surface area contributed by atoms with Crippen LogP contribution in [0.4, 0.5) is 34.1 Å². The molecule has 0 spiro atoms. The van der Waals surface area contributed by atoms with Crippen LogP contribution in [0.2, 0.25) is 0 Å². The van der Waals surface area contributed by atoms with Crippen LogP contribution in [-0.2, 0) is 10.8 Å². The SMILES string of the molecule is CC1(C)c2ccccc2N(c2ccncc2-c2cnccc2N2c3ccccc3C(C)(C)c3ccccc32)c2ccccc21. The molecule has 0 unspecified atom stereocenters. The van der Waals surface area contributed by atoms with Crippen molar-refractivity contribution < 1.29 is 0 Å². The highest BCUT2D eigenvalue weighted by Gasteiger charge is 2.39. The van der Waals surface area contributed by atoms with Gasteiger partial charge >= 0.3 is 0 Å². The van der Waals surface area contributed by atoms with E-state index in [2.05, 4.69) is 157 Å². The van der Waals surface area contributed by atoms with Crippen LogP contribution in [0, 0.1) is 0 Å². The first-order valence-electron chi connectivity index (χ1n) is 15.3. The Morgan fingerprint density at radius 1 is 0.386 bits per heavy atom. The van der Waals surface area contributed by atoms with Crippen molar-refractivity contribution in [2.75, 3.05) is 9.80 Å². The van der Waals surface area contributed by atoms with Gasteiger partial charge in [0, 0.05) is 46.7 Å². The summed E-state index contributed by atoms with van der Waals surface area (Å²) < 4.78 is 0. The minimum Gasteiger partial charge on any atom is -0.309 e. The number of hydrogen-bond donors (Lipinski definition) is 0. The van der Waals surface area contributed by atoms with Crippen molar-refractivity contribution in [3.63, 3.8) is 0 Å². The van der Waals surface area contributed by atoms with Crippen molar-refractivity contribution in [3.8, 4) is 11.1 Å². The molecule has 214 valence electrons. The molecule has 0 atom stereocenters. The lowest BCUT2D eigenvalue weighted by Crippen LogP contribution is -2.31. The van der Waals surface area contributed by atoms with Crippen LogP contribution in [0.15, 0.2) is 134 Å². The summed E-state index contributed by atoms with van der Waals surface area (Å²) >= 11 is 0. The number of aromatic nitrogens is 2. The Kier molecular flexibility index (Phi) is 5.79. The van der Waals surface area contributed by atoms with E-state index in [1.165, 1.54) is 45.0 Å². The summed E-state index contributed by atoms with van der Waals surface area (Å²) in [6, 6.07) is 39.4. The minimum atomic E-state index is -0.135. The molecule has 8 rings (SSSR count). The lowest BCUT2D eigenvalue weighted by atomic mass is 9.73. The van der Waals surface area contributed by atoms with Gasteiger partial charge in [0.2, 0.25) is 0 Å². The second-order valence-electron chi connectivity index (χ2n) is 12.8. The third-order valence-corrected chi connectivity index (χ3v) is 9.64. The molecule has 2 aliphatic rings. The molecule has 0 saturated carbocycles. The molecule has 2 aromatic heterocycles. The van der Waals surface area contributed by atoms with Crippen molar-refractivity contribution in [2.45, 2.75) is 38.5 Å². The molecule has 0 N–H and O–H groups in total. The van der Waals surface area contributed by atoms with Gasteiger partial charge < -0.3 is 9.80 Å². The molecule has 4 nitrogen and oxygen atoms in total. The zero-order chi connectivity index (χ0) is 30.1. The van der Waals surface area contributed by atoms with Gasteiger partial charge in [0.15, 0.2) is 0 Å². The van der Waals surface area contributed by atoms with Crippen LogP contribution < -0.4 is 9.80 Å². The third-order valence-electron chi connectivity index (χ3n) is 9.64. The number of hydrogen-bond acceptors (Lipinski definition) is 4. The molecular weight excluding hydrogens is 536 g/mol. The van der Waals surface area contributed by atoms with Gasteiger partial charge in [0.1, 0.15) is 0 Å². The first-order valence-corrected chi connectivity index (χ1v) is 15.3. The van der Waals surface area contributed by atoms with E-state index >= 15 is 0 Å². The molecule has 0 aliphatic carbocycles. The fourth-order valence-corrected chi connectivity index (χ4v) is 7.44. The number of benzene rings is 4. The van der Waals surface area contributed by atoms with Crippen molar-refractivity contribution in [1.29, 1.82) is 0 Å². The van der Waals surface area contributed by atoms with Gasteiger partial charge in [-0.2, -0.15) is 0 Å². The third kappa shape index (κ3) is 3.70. The average molecular weight is 571 g/mol. The summed E-state index contributed by atoms with van der Waals surface area (Å²) in [6.07, 6.45) is 7.78. The zero-order valence-electron chi connectivity index (χ0n) is 25.5. The van der Waals surface area contributed by atoms with Crippen molar-refractivity contribution in [2.24, 2.45) is 0 Å². The molecular formula is C40H34N4. The zero-order valence-corrected chi connectivity index (χ0v) is 25.5. The van der Waals surface area contributed by atoms with E-state index < -0.39 is 0 Å². The smallest absolute Gasteiger partial charge is 0.0572 e. The van der Waals surface area contributed by atoms with Gasteiger partial charge in [-0.1, -0.05) is 100 Å². The Morgan fingerprint density at radius 3 is 1.00 bits per heavy atom. The number of fused-ring (bicyclic) bond motifs is 4. The Hall–Kier alpha value is -5.22. The monoisotopic (exact) mass is 570 g/mol. The Morgan fingerprint density at radius 2 is 0.682 bits per heavy atom. The van der Waals surface area contributed by atoms with Crippen molar-refractivity contribution >= 4 is 34.1 Å². The molecule has 6 aromatic rings. The van der Waals surface area contributed by atoms with E-state index in [0.29, 0.717) is 0 Å². The normalized spacial score (nSPS) is 15.5. The molecule has 4 heterocycles. The summed E-state index contributed by atoms with van der Waals surface area (Å²) in [5, 5.41) is 0. The lowest BCUT2D eigenvalue weighted by Gasteiger charge is -2.43. The fourth-order valence-electron chi connectivity index (χ4n) is 7.44. The predicted octanol–water partition coefficient (Wildman–Crippen LogP) is 10.4. The number of pyridine rings is 2. The van der Waals surface area contributed by atoms with E-state index in [9.17, 15) is 0 Å². The number of para-hydroxylation sites is 4. The molecule has 4 aromatic carbocycles. The maximum Gasteiger partial charge on any atom is 0.0572 e. The maximum absolute atomic E-state index is 4.68. The minimum absolute atomic E-state index is 0.135. The van der Waals surface area contributed by atoms with Crippen molar-refractivity contribution in [1.82, 2.24) is 9.97 Å². The topological polar surface area (TPSA) is 32.3 Å². The molecule has 2 aliphatic heterocycles. The molecule has 0 saturated heterocycles. The van der Waals surface area contributed by atoms with Gasteiger partial charge in [0.25, 0.3) is 0 Å². The summed E-state index contributed by atoms with van der Waals surface area (Å²) in [4.78, 5) is 14.2. The molecule has 0 bridgehead atoms. The first kappa shape index (κ1) is 26.4. The van der Waals surface area contributed by atoms with Crippen LogP contribution in [0.5, 0.6) is 0 Å². The van der Waals surface area contributed by atoms with Gasteiger partial charge in [-0.3, -0.25) is 9.97 Å². The highest BCUT2D eigenvalue weighted by molar-refractivity contribution is 5.98. The second-order valence-corrected chi connectivity index (χ2v) is 12.8. The Bertz CT molecular complexity index is 1810. The summed E-state index contributed by atoms with van der Waals surface area (Å²) in [5.41, 5.74) is 13.9. The van der Waals surface area contributed by atoms with Crippen LogP contribution in [-0.4, -0.2) is 9.97 Å². The predicted molar refractivity (Wildman–Crippen MR) is 181 cm³/mol. The first-order chi connectivity index (χ1) is 21.4. The van der Waals surface area contributed by atoms with Crippen LogP contribution in [0.25, 0.3) is 11.1 Å². The number of rotatable bonds is 3. The fraction of sp³-hybridized carbons (Fsp3) is 0.150. The van der Waals surface area contributed by atoms with Gasteiger partial charge in [-0.05, 0) is 58.7 Å². The standard InChI is InChI=1S/C40H34N4/c1-39(2)29-13-5-9-17-35(29)43(36-18-10-6-14-30(36)39)33-21-23-41-25-27(33)28-26-42-24-22-34(28)44-37-19-11-7-15-31(37)40(3,4)32-16-8-12-20-38(32)44/h5-26H,1-4H3. The van der Waals surface area contributed by atoms with Crippen molar-refractivity contribution in [3.05, 3.63) is 156 Å². The molecule has 44 heavy (non-hydrogen) atoms. The quantitative estimate of drug-likeness (QED) is 0.212. The van der Waals surface area contributed by atoms with E-state index in [-0.39, 0.29) is 10.8 Å². The molecule has 0 amide bonds. The summed E-state index contributed by atoms with van der Waals surface area (Å²) in [5.74, 6) is 0. The average Bonchev–Trinajstić information content (AvgIpc) is 3.06. The number of nitrogens with zero attached hydrogens (tertiary/aromatic N) is 4. The molecule has 0 fully saturated rings. The lowest BCUT2D eigenvalue weighted by molar-refractivity contribution is 0.631. The largest absolute Gasteiger partial charge is 0.309 e. The van der Waals surface area contributed by atoms with Gasteiger partial charge in [0.05, 0.1) is 34.1 Å². The summed E-state index contributed by atoms with van der Waals surface area (Å²) in [7, 11) is 0. The van der Waals surface area contributed by atoms with E-state index in [1.807, 2.05) is 24.8 Å². The Balaban J connectivity index is 1.38. The van der Waals surface area contributed by atoms with Crippen LogP contribution >= 0.6 is 0 Å². The maximum atomic E-state index is 4.68.